The summed E-state index contributed by atoms with van der Waals surface area (Å²) >= 11 is 0. The van der Waals surface area contributed by atoms with E-state index in [0.29, 0.717) is 0 Å². The summed E-state index contributed by atoms with van der Waals surface area (Å²) in [6.45, 7) is 5.00. The van der Waals surface area contributed by atoms with Crippen molar-refractivity contribution in [1.82, 2.24) is 0 Å². The van der Waals surface area contributed by atoms with Gasteiger partial charge in [0.15, 0.2) is 11.6 Å². The van der Waals surface area contributed by atoms with Gasteiger partial charge in [0.2, 0.25) is 0 Å². The average molecular weight is 156 g/mol. The van der Waals surface area contributed by atoms with E-state index in [-0.39, 0.29) is 11.6 Å². The van der Waals surface area contributed by atoms with Crippen LogP contribution in [0.3, 0.4) is 0 Å². The van der Waals surface area contributed by atoms with Crippen LogP contribution in [-0.2, 0) is 14.3 Å². The number of carbonyl (C=O) groups excluding carboxylic acids is 2. The molecular weight excluding hydrogens is 144 g/mol. The van der Waals surface area contributed by atoms with Crippen LogP contribution >= 0.6 is 0 Å². The Labute approximate surface area is 65.7 Å². The fourth-order valence-corrected chi connectivity index (χ4v) is 1.28. The summed E-state index contributed by atoms with van der Waals surface area (Å²) in [6.07, 6.45) is -0.838. The van der Waals surface area contributed by atoms with E-state index < -0.39 is 18.1 Å². The van der Waals surface area contributed by atoms with Gasteiger partial charge in [0.1, 0.15) is 12.2 Å². The van der Waals surface area contributed by atoms with Crippen molar-refractivity contribution in [2.45, 2.75) is 33.0 Å². The van der Waals surface area contributed by atoms with E-state index in [9.17, 15) is 9.59 Å². The van der Waals surface area contributed by atoms with Crippen molar-refractivity contribution in [3.8, 4) is 0 Å². The van der Waals surface area contributed by atoms with Gasteiger partial charge in [0, 0.05) is 0 Å². The molecule has 0 bridgehead atoms. The topological polar surface area (TPSA) is 43.4 Å². The number of ether oxygens (including phenoxy) is 1. The van der Waals surface area contributed by atoms with Gasteiger partial charge in [-0.25, -0.2) is 0 Å². The molecule has 0 amide bonds. The van der Waals surface area contributed by atoms with Crippen LogP contribution < -0.4 is 0 Å². The van der Waals surface area contributed by atoms with Gasteiger partial charge in [-0.05, 0) is 20.8 Å². The Morgan fingerprint density at radius 2 is 1.36 bits per heavy atom. The van der Waals surface area contributed by atoms with Gasteiger partial charge in [-0.3, -0.25) is 9.59 Å². The second-order valence-corrected chi connectivity index (χ2v) is 2.95. The molecule has 0 radical (unpaired) electrons. The zero-order valence-corrected chi connectivity index (χ0v) is 6.96. The van der Waals surface area contributed by atoms with Gasteiger partial charge in [0.25, 0.3) is 0 Å². The van der Waals surface area contributed by atoms with Crippen LogP contribution in [0.5, 0.6) is 0 Å². The van der Waals surface area contributed by atoms with E-state index in [0.717, 1.165) is 0 Å². The van der Waals surface area contributed by atoms with E-state index in [1.807, 2.05) is 0 Å². The first kappa shape index (κ1) is 8.40. The van der Waals surface area contributed by atoms with E-state index in [2.05, 4.69) is 0 Å². The Morgan fingerprint density at radius 1 is 1.00 bits per heavy atom. The molecule has 62 valence electrons. The molecular formula is C8H12O3. The van der Waals surface area contributed by atoms with E-state index in [1.165, 1.54) is 0 Å². The Balaban J connectivity index is 2.79. The first-order valence-electron chi connectivity index (χ1n) is 3.77. The van der Waals surface area contributed by atoms with E-state index in [1.54, 1.807) is 20.8 Å². The first-order valence-corrected chi connectivity index (χ1v) is 3.77. The normalized spacial score (nSPS) is 39.4. The Hall–Kier alpha value is -0.700. The summed E-state index contributed by atoms with van der Waals surface area (Å²) in [5, 5.41) is 0. The largest absolute Gasteiger partial charge is 0.360 e. The lowest BCUT2D eigenvalue weighted by atomic mass is 9.92. The molecule has 3 heteroatoms. The molecule has 3 nitrogen and oxygen atoms in total. The Kier molecular flexibility index (Phi) is 2.09. The third kappa shape index (κ3) is 1.33. The van der Waals surface area contributed by atoms with E-state index >= 15 is 0 Å². The molecule has 11 heavy (non-hydrogen) atoms. The van der Waals surface area contributed by atoms with Crippen LogP contribution in [0.4, 0.5) is 0 Å². The maximum absolute atomic E-state index is 11.1. The van der Waals surface area contributed by atoms with Crippen molar-refractivity contribution in [2.24, 2.45) is 5.92 Å². The zero-order chi connectivity index (χ0) is 8.59. The highest BCUT2D eigenvalue weighted by molar-refractivity contribution is 6.07. The minimum atomic E-state index is -0.478. The van der Waals surface area contributed by atoms with Crippen molar-refractivity contribution >= 4 is 11.6 Å². The molecule has 1 rings (SSSR count). The summed E-state index contributed by atoms with van der Waals surface area (Å²) in [5.41, 5.74) is 0. The Bertz CT molecular complexity index is 178. The number of hydrogen-bond donors (Lipinski definition) is 0. The SMILES string of the molecule is CC1OC(C)C(=O)C(C)C1=O. The van der Waals surface area contributed by atoms with Gasteiger partial charge in [0.05, 0.1) is 5.92 Å². The van der Waals surface area contributed by atoms with Crippen LogP contribution in [-0.4, -0.2) is 23.8 Å². The summed E-state index contributed by atoms with van der Waals surface area (Å²) in [7, 11) is 0. The number of ketones is 2. The second-order valence-electron chi connectivity index (χ2n) is 2.95. The van der Waals surface area contributed by atoms with Crippen molar-refractivity contribution < 1.29 is 14.3 Å². The molecule has 0 saturated carbocycles. The van der Waals surface area contributed by atoms with Crippen LogP contribution in [0, 0.1) is 5.92 Å². The third-order valence-corrected chi connectivity index (χ3v) is 2.06. The first-order chi connectivity index (χ1) is 5.04. The highest BCUT2D eigenvalue weighted by atomic mass is 16.5. The van der Waals surface area contributed by atoms with Crippen LogP contribution in [0.15, 0.2) is 0 Å². The van der Waals surface area contributed by atoms with Crippen molar-refractivity contribution in [2.75, 3.05) is 0 Å². The maximum Gasteiger partial charge on any atom is 0.171 e. The maximum atomic E-state index is 11.1. The van der Waals surface area contributed by atoms with E-state index in [4.69, 9.17) is 4.74 Å². The van der Waals surface area contributed by atoms with Crippen molar-refractivity contribution in [3.05, 3.63) is 0 Å². The Morgan fingerprint density at radius 3 is 1.73 bits per heavy atom. The molecule has 0 spiro atoms. The lowest BCUT2D eigenvalue weighted by molar-refractivity contribution is -0.158. The minimum Gasteiger partial charge on any atom is -0.360 e. The van der Waals surface area contributed by atoms with Gasteiger partial charge >= 0.3 is 0 Å². The number of rotatable bonds is 0. The quantitative estimate of drug-likeness (QED) is 0.481. The molecule has 0 aromatic carbocycles. The lowest BCUT2D eigenvalue weighted by Crippen LogP contribution is -2.45. The molecule has 1 aliphatic heterocycles. The molecule has 1 fully saturated rings. The highest BCUT2D eigenvalue weighted by Crippen LogP contribution is 2.17. The van der Waals surface area contributed by atoms with Crippen LogP contribution in [0.1, 0.15) is 20.8 Å². The smallest absolute Gasteiger partial charge is 0.171 e. The fourth-order valence-electron chi connectivity index (χ4n) is 1.28. The average Bonchev–Trinajstić information content (AvgIpc) is 1.97. The second kappa shape index (κ2) is 2.74. The minimum absolute atomic E-state index is 0.104. The number of carbonyl (C=O) groups is 2. The predicted molar refractivity (Wildman–Crippen MR) is 39.2 cm³/mol. The van der Waals surface area contributed by atoms with Crippen molar-refractivity contribution in [1.29, 1.82) is 0 Å². The molecule has 0 aromatic heterocycles. The summed E-state index contributed by atoms with van der Waals surface area (Å²) in [4.78, 5) is 22.3. The summed E-state index contributed by atoms with van der Waals surface area (Å²) in [5.74, 6) is -0.685. The molecule has 0 aromatic rings. The number of hydrogen-bond acceptors (Lipinski definition) is 3. The zero-order valence-electron chi connectivity index (χ0n) is 6.96. The standard InChI is InChI=1S/C8H12O3/c1-4-7(9)5(2)11-6(3)8(4)10/h4-6H,1-3H3. The van der Waals surface area contributed by atoms with Crippen molar-refractivity contribution in [3.63, 3.8) is 0 Å². The highest BCUT2D eigenvalue weighted by Gasteiger charge is 2.36. The summed E-state index contributed by atoms with van der Waals surface area (Å²) in [6, 6.07) is 0. The number of Topliss-reactive ketones (excluding diaryl/α,β-unsaturated/α-hetero) is 2. The third-order valence-electron chi connectivity index (χ3n) is 2.06. The lowest BCUT2D eigenvalue weighted by Gasteiger charge is -2.27. The summed E-state index contributed by atoms with van der Waals surface area (Å²) < 4.78 is 5.08. The fraction of sp³-hybridized carbons (Fsp3) is 0.750. The predicted octanol–water partition coefficient (Wildman–Crippen LogP) is 0.568. The molecule has 1 saturated heterocycles. The van der Waals surface area contributed by atoms with Gasteiger partial charge in [-0.15, -0.1) is 0 Å². The van der Waals surface area contributed by atoms with Crippen LogP contribution in [0.25, 0.3) is 0 Å². The molecule has 0 N–H and O–H groups in total. The molecule has 2 unspecified atom stereocenters. The molecule has 1 heterocycles. The molecule has 0 aliphatic carbocycles. The van der Waals surface area contributed by atoms with Gasteiger partial charge in [-0.1, -0.05) is 0 Å². The monoisotopic (exact) mass is 156 g/mol. The van der Waals surface area contributed by atoms with Crippen LogP contribution in [0.2, 0.25) is 0 Å². The molecule has 1 aliphatic rings. The molecule has 2 atom stereocenters. The van der Waals surface area contributed by atoms with Gasteiger partial charge in [-0.2, -0.15) is 0 Å². The van der Waals surface area contributed by atoms with Gasteiger partial charge < -0.3 is 4.74 Å².